The molecule has 0 fully saturated rings. The van der Waals surface area contributed by atoms with E-state index in [1.807, 2.05) is 56.5 Å². The Morgan fingerprint density at radius 2 is 1.93 bits per heavy atom. The lowest BCUT2D eigenvalue weighted by Gasteiger charge is -2.10. The fraction of sp³-hybridized carbons (Fsp3) is 0.238. The Kier molecular flexibility index (Phi) is 5.92. The summed E-state index contributed by atoms with van der Waals surface area (Å²) >= 11 is 4.89. The molecule has 3 aromatic heterocycles. The minimum atomic E-state index is -0.103. The van der Waals surface area contributed by atoms with Gasteiger partial charge in [-0.05, 0) is 44.4 Å². The Hall–Kier alpha value is -2.65. The molecule has 0 aliphatic heterocycles. The molecule has 0 radical (unpaired) electrons. The lowest BCUT2D eigenvalue weighted by atomic mass is 10.1. The molecule has 0 unspecified atom stereocenters. The van der Waals surface area contributed by atoms with Gasteiger partial charge in [-0.2, -0.15) is 4.98 Å². The second-order valence-electron chi connectivity index (χ2n) is 6.80. The van der Waals surface area contributed by atoms with E-state index in [0.29, 0.717) is 23.2 Å². The van der Waals surface area contributed by atoms with Gasteiger partial charge in [0.1, 0.15) is 11.5 Å². The quantitative estimate of drug-likeness (QED) is 0.408. The molecule has 9 heteroatoms. The van der Waals surface area contributed by atoms with Crippen molar-refractivity contribution in [2.24, 2.45) is 0 Å². The maximum Gasteiger partial charge on any atom is 0.253 e. The summed E-state index contributed by atoms with van der Waals surface area (Å²) in [5.41, 5.74) is 3.49. The number of nitrogens with one attached hydrogen (secondary N) is 1. The second-order valence-corrected chi connectivity index (χ2v) is 8.49. The van der Waals surface area contributed by atoms with Gasteiger partial charge in [0.2, 0.25) is 11.1 Å². The molecule has 0 saturated heterocycles. The molecule has 7 nitrogen and oxygen atoms in total. The van der Waals surface area contributed by atoms with Crippen LogP contribution in [0.4, 0.5) is 0 Å². The van der Waals surface area contributed by atoms with Crippen molar-refractivity contribution in [2.75, 3.05) is 6.26 Å². The molecule has 0 bridgehead atoms. The topological polar surface area (TPSA) is 85.3 Å². The predicted octanol–water partition coefficient (Wildman–Crippen LogP) is 4.34. The molecule has 0 aliphatic carbocycles. The van der Waals surface area contributed by atoms with Crippen LogP contribution < -0.4 is 5.32 Å². The van der Waals surface area contributed by atoms with Crippen molar-refractivity contribution in [3.05, 3.63) is 63.6 Å². The highest BCUT2D eigenvalue weighted by atomic mass is 79.9. The monoisotopic (exact) mass is 485 g/mol. The van der Waals surface area contributed by atoms with Crippen LogP contribution >= 0.6 is 27.7 Å². The molecular weight excluding hydrogens is 466 g/mol. The number of carbonyl (C=O) groups is 1. The van der Waals surface area contributed by atoms with Crippen LogP contribution in [-0.4, -0.2) is 31.7 Å². The number of nitrogens with zero attached hydrogens (tertiary/aromatic N) is 4. The molecule has 0 saturated carbocycles. The lowest BCUT2D eigenvalue weighted by molar-refractivity contribution is -0.120. The van der Waals surface area contributed by atoms with E-state index in [-0.39, 0.29) is 12.3 Å². The number of halogens is 1. The van der Waals surface area contributed by atoms with Crippen molar-refractivity contribution >= 4 is 39.4 Å². The van der Waals surface area contributed by atoms with Gasteiger partial charge in [0, 0.05) is 27.0 Å². The average Bonchev–Trinajstić information content (AvgIpc) is 3.37. The highest BCUT2D eigenvalue weighted by Gasteiger charge is 2.16. The van der Waals surface area contributed by atoms with Crippen LogP contribution in [0.3, 0.4) is 0 Å². The largest absolute Gasteiger partial charge is 0.459 e. The lowest BCUT2D eigenvalue weighted by Crippen LogP contribution is -2.25. The molecule has 0 spiro atoms. The normalized spacial score (nSPS) is 11.2. The molecule has 4 rings (SSSR count). The first-order valence-electron chi connectivity index (χ1n) is 9.33. The Morgan fingerprint density at radius 1 is 1.17 bits per heavy atom. The molecular formula is C21H20BrN5O2S. The molecule has 1 N–H and O–H groups in total. The van der Waals surface area contributed by atoms with E-state index in [1.54, 1.807) is 4.52 Å². The van der Waals surface area contributed by atoms with Gasteiger partial charge in [0.25, 0.3) is 5.78 Å². The Morgan fingerprint density at radius 3 is 2.67 bits per heavy atom. The van der Waals surface area contributed by atoms with E-state index in [0.717, 1.165) is 32.7 Å². The summed E-state index contributed by atoms with van der Waals surface area (Å²) in [5.74, 6) is 1.91. The Balaban J connectivity index is 1.43. The second kappa shape index (κ2) is 8.61. The molecule has 1 amide bonds. The summed E-state index contributed by atoms with van der Waals surface area (Å²) in [5, 5.41) is 8.01. The minimum absolute atomic E-state index is 0.103. The van der Waals surface area contributed by atoms with Gasteiger partial charge in [-0.25, -0.2) is 9.50 Å². The van der Waals surface area contributed by atoms with Crippen molar-refractivity contribution in [3.8, 4) is 11.3 Å². The van der Waals surface area contributed by atoms with E-state index in [2.05, 4.69) is 36.3 Å². The summed E-state index contributed by atoms with van der Waals surface area (Å²) < 4.78 is 8.57. The van der Waals surface area contributed by atoms with Gasteiger partial charge in [-0.15, -0.1) is 5.10 Å². The molecule has 1 aromatic carbocycles. The number of thioether (sulfide) groups is 1. The van der Waals surface area contributed by atoms with Crippen LogP contribution in [-0.2, 0) is 17.8 Å². The van der Waals surface area contributed by atoms with Crippen LogP contribution in [0.2, 0.25) is 0 Å². The highest BCUT2D eigenvalue weighted by molar-refractivity contribution is 9.10. The maximum atomic E-state index is 12.6. The number of furan rings is 1. The van der Waals surface area contributed by atoms with Crippen molar-refractivity contribution < 1.29 is 9.21 Å². The zero-order valence-corrected chi connectivity index (χ0v) is 19.2. The standard InChI is InChI=1S/C21H20BrN5O2S/c1-12-17(13(2)27-20(24-12)25-21(26-27)30-3)10-19(28)23-11-16-8-9-18(29-16)14-4-6-15(22)7-5-14/h4-9H,10-11H2,1-3H3,(H,23,28). The van der Waals surface area contributed by atoms with Crippen LogP contribution in [0.1, 0.15) is 22.7 Å². The van der Waals surface area contributed by atoms with Gasteiger partial charge in [0.15, 0.2) is 0 Å². The third-order valence-corrected chi connectivity index (χ3v) is 5.87. The van der Waals surface area contributed by atoms with Gasteiger partial charge < -0.3 is 9.73 Å². The molecule has 4 aromatic rings. The first-order valence-corrected chi connectivity index (χ1v) is 11.3. The molecule has 154 valence electrons. The van der Waals surface area contributed by atoms with Crippen molar-refractivity contribution in [2.45, 2.75) is 32.0 Å². The van der Waals surface area contributed by atoms with Crippen LogP contribution in [0.25, 0.3) is 17.1 Å². The summed E-state index contributed by atoms with van der Waals surface area (Å²) in [6.45, 7) is 4.14. The zero-order valence-electron chi connectivity index (χ0n) is 16.8. The summed E-state index contributed by atoms with van der Waals surface area (Å²) in [4.78, 5) is 21.4. The number of hydrogen-bond donors (Lipinski definition) is 1. The Labute approximate surface area is 186 Å². The smallest absolute Gasteiger partial charge is 0.253 e. The number of fused-ring (bicyclic) bond motifs is 1. The number of hydrogen-bond acceptors (Lipinski definition) is 6. The zero-order chi connectivity index (χ0) is 21.3. The molecule has 3 heterocycles. The maximum absolute atomic E-state index is 12.6. The Bertz CT molecular complexity index is 1220. The summed E-state index contributed by atoms with van der Waals surface area (Å²) in [7, 11) is 0. The van der Waals surface area contributed by atoms with E-state index in [1.165, 1.54) is 11.8 Å². The van der Waals surface area contributed by atoms with E-state index >= 15 is 0 Å². The number of benzene rings is 1. The van der Waals surface area contributed by atoms with Crippen LogP contribution in [0.15, 0.2) is 50.4 Å². The first kappa shape index (κ1) is 20.6. The van der Waals surface area contributed by atoms with E-state index < -0.39 is 0 Å². The summed E-state index contributed by atoms with van der Waals surface area (Å²) in [6.07, 6.45) is 2.14. The number of carbonyl (C=O) groups excluding carboxylic acids is 1. The molecule has 0 atom stereocenters. The van der Waals surface area contributed by atoms with E-state index in [4.69, 9.17) is 4.42 Å². The first-order chi connectivity index (χ1) is 14.4. The van der Waals surface area contributed by atoms with Crippen molar-refractivity contribution in [1.29, 1.82) is 0 Å². The summed E-state index contributed by atoms with van der Waals surface area (Å²) in [6, 6.07) is 11.7. The van der Waals surface area contributed by atoms with E-state index in [9.17, 15) is 4.79 Å². The third-order valence-electron chi connectivity index (χ3n) is 4.80. The van der Waals surface area contributed by atoms with Crippen LogP contribution in [0.5, 0.6) is 0 Å². The van der Waals surface area contributed by atoms with Crippen molar-refractivity contribution in [1.82, 2.24) is 24.9 Å². The highest BCUT2D eigenvalue weighted by Crippen LogP contribution is 2.24. The van der Waals surface area contributed by atoms with Gasteiger partial charge in [0.05, 0.1) is 13.0 Å². The van der Waals surface area contributed by atoms with Gasteiger partial charge >= 0.3 is 0 Å². The number of amides is 1. The molecule has 30 heavy (non-hydrogen) atoms. The number of aryl methyl sites for hydroxylation is 2. The minimum Gasteiger partial charge on any atom is -0.459 e. The fourth-order valence-corrected chi connectivity index (χ4v) is 3.78. The third kappa shape index (κ3) is 4.27. The number of aromatic nitrogens is 4. The molecule has 0 aliphatic rings. The van der Waals surface area contributed by atoms with Gasteiger partial charge in [-0.1, -0.05) is 39.8 Å². The number of rotatable bonds is 6. The fourth-order valence-electron chi connectivity index (χ4n) is 3.18. The van der Waals surface area contributed by atoms with Crippen molar-refractivity contribution in [3.63, 3.8) is 0 Å². The van der Waals surface area contributed by atoms with Crippen LogP contribution in [0, 0.1) is 13.8 Å². The average molecular weight is 486 g/mol. The van der Waals surface area contributed by atoms with Gasteiger partial charge in [-0.3, -0.25) is 4.79 Å². The SMILES string of the molecule is CSc1nc2nc(C)c(CC(=O)NCc3ccc(-c4ccc(Br)cc4)o3)c(C)n2n1. The predicted molar refractivity (Wildman–Crippen MR) is 119 cm³/mol.